The van der Waals surface area contributed by atoms with Crippen molar-refractivity contribution in [3.63, 3.8) is 0 Å². The fourth-order valence-corrected chi connectivity index (χ4v) is 1.85. The lowest BCUT2D eigenvalue weighted by Gasteiger charge is -2.09. The van der Waals surface area contributed by atoms with E-state index in [0.29, 0.717) is 17.8 Å². The summed E-state index contributed by atoms with van der Waals surface area (Å²) in [5, 5.41) is 2.84. The van der Waals surface area contributed by atoms with E-state index in [2.05, 4.69) is 25.7 Å². The highest BCUT2D eigenvalue weighted by Gasteiger charge is 2.11. The quantitative estimate of drug-likeness (QED) is 0.353. The summed E-state index contributed by atoms with van der Waals surface area (Å²) in [6, 6.07) is 1.73. The van der Waals surface area contributed by atoms with Crippen molar-refractivity contribution in [1.82, 2.24) is 20.3 Å². The number of hydrazine groups is 1. The van der Waals surface area contributed by atoms with Gasteiger partial charge in [-0.1, -0.05) is 0 Å². The van der Waals surface area contributed by atoms with Crippen molar-refractivity contribution in [2.75, 3.05) is 12.0 Å². The zero-order valence-corrected chi connectivity index (χ0v) is 11.3. The fourth-order valence-electron chi connectivity index (χ4n) is 1.85. The van der Waals surface area contributed by atoms with Gasteiger partial charge in [-0.05, 0) is 19.4 Å². The Kier molecular flexibility index (Phi) is 4.67. The summed E-state index contributed by atoms with van der Waals surface area (Å²) in [6.07, 6.45) is 6.62. The third-order valence-electron chi connectivity index (χ3n) is 2.87. The molecule has 106 valence electrons. The molecule has 0 aliphatic heterocycles. The Labute approximate surface area is 117 Å². The van der Waals surface area contributed by atoms with E-state index in [-0.39, 0.29) is 5.91 Å². The van der Waals surface area contributed by atoms with Crippen molar-refractivity contribution < 1.29 is 4.79 Å². The molecule has 2 rings (SSSR count). The molecule has 0 bridgehead atoms. The maximum Gasteiger partial charge on any atom is 0.255 e. The van der Waals surface area contributed by atoms with Crippen LogP contribution in [-0.4, -0.2) is 27.4 Å². The second kappa shape index (κ2) is 6.67. The highest BCUT2D eigenvalue weighted by atomic mass is 16.1. The number of aryl methyl sites for hydroxylation is 2. The molecule has 0 aromatic carbocycles. The Bertz CT molecular complexity index is 566. The first kappa shape index (κ1) is 14.0. The van der Waals surface area contributed by atoms with Crippen molar-refractivity contribution in [3.05, 3.63) is 41.7 Å². The number of hydrogen-bond donors (Lipinski definition) is 4. The molecule has 20 heavy (non-hydrogen) atoms. The SMILES string of the molecule is Cc1cc(NN)c(C(=O)NCCCc2ncc[nH]2)cn1. The second-order valence-corrected chi connectivity index (χ2v) is 4.41. The van der Waals surface area contributed by atoms with E-state index in [4.69, 9.17) is 5.84 Å². The third-order valence-corrected chi connectivity index (χ3v) is 2.87. The number of aromatic amines is 1. The number of nitrogen functional groups attached to an aromatic ring is 1. The summed E-state index contributed by atoms with van der Waals surface area (Å²) in [4.78, 5) is 23.3. The molecule has 0 unspecified atom stereocenters. The van der Waals surface area contributed by atoms with Crippen LogP contribution in [0.15, 0.2) is 24.7 Å². The van der Waals surface area contributed by atoms with E-state index in [9.17, 15) is 4.79 Å². The average molecular weight is 274 g/mol. The van der Waals surface area contributed by atoms with Gasteiger partial charge in [0.25, 0.3) is 5.91 Å². The van der Waals surface area contributed by atoms with Gasteiger partial charge in [-0.2, -0.15) is 0 Å². The van der Waals surface area contributed by atoms with Gasteiger partial charge in [0, 0.05) is 37.3 Å². The summed E-state index contributed by atoms with van der Waals surface area (Å²) in [5.74, 6) is 6.13. The number of imidazole rings is 1. The number of hydrogen-bond acceptors (Lipinski definition) is 5. The predicted molar refractivity (Wildman–Crippen MR) is 76.0 cm³/mol. The van der Waals surface area contributed by atoms with Gasteiger partial charge >= 0.3 is 0 Å². The van der Waals surface area contributed by atoms with Crippen molar-refractivity contribution in [2.24, 2.45) is 5.84 Å². The minimum atomic E-state index is -0.190. The van der Waals surface area contributed by atoms with Crippen LogP contribution in [0.2, 0.25) is 0 Å². The standard InChI is InChI=1S/C13H18N6O/c1-9-7-11(19-14)10(8-18-9)13(20)17-4-2-3-12-15-5-6-16-12/h5-8H,2-4,14H2,1H3,(H,15,16)(H,17,20)(H,18,19). The van der Waals surface area contributed by atoms with E-state index in [1.54, 1.807) is 18.5 Å². The number of carbonyl (C=O) groups excluding carboxylic acids is 1. The number of pyridine rings is 1. The molecule has 0 radical (unpaired) electrons. The van der Waals surface area contributed by atoms with Gasteiger partial charge < -0.3 is 15.7 Å². The van der Waals surface area contributed by atoms with Gasteiger partial charge in [-0.25, -0.2) is 4.98 Å². The Morgan fingerprint density at radius 1 is 1.45 bits per heavy atom. The van der Waals surface area contributed by atoms with E-state index < -0.39 is 0 Å². The first-order valence-corrected chi connectivity index (χ1v) is 6.40. The highest BCUT2D eigenvalue weighted by Crippen LogP contribution is 2.14. The summed E-state index contributed by atoms with van der Waals surface area (Å²) in [5.41, 5.74) is 4.32. The minimum absolute atomic E-state index is 0.190. The van der Waals surface area contributed by atoms with E-state index in [1.807, 2.05) is 6.92 Å². The molecule has 0 atom stereocenters. The van der Waals surface area contributed by atoms with Crippen LogP contribution in [0.1, 0.15) is 28.3 Å². The molecule has 7 heteroatoms. The molecule has 0 fully saturated rings. The molecule has 2 aromatic rings. The van der Waals surface area contributed by atoms with Gasteiger partial charge in [0.15, 0.2) is 0 Å². The number of carbonyl (C=O) groups is 1. The minimum Gasteiger partial charge on any atom is -0.352 e. The molecule has 7 nitrogen and oxygen atoms in total. The normalized spacial score (nSPS) is 10.3. The van der Waals surface area contributed by atoms with Crippen LogP contribution in [0.4, 0.5) is 5.69 Å². The first-order valence-electron chi connectivity index (χ1n) is 6.40. The van der Waals surface area contributed by atoms with E-state index >= 15 is 0 Å². The van der Waals surface area contributed by atoms with Crippen LogP contribution < -0.4 is 16.6 Å². The molecule has 0 aliphatic carbocycles. The van der Waals surface area contributed by atoms with Gasteiger partial charge in [0.05, 0.1) is 11.3 Å². The number of rotatable bonds is 6. The lowest BCUT2D eigenvalue weighted by Crippen LogP contribution is -2.26. The lowest BCUT2D eigenvalue weighted by atomic mass is 10.2. The van der Waals surface area contributed by atoms with Crippen LogP contribution in [0.5, 0.6) is 0 Å². The lowest BCUT2D eigenvalue weighted by molar-refractivity contribution is 0.0953. The third kappa shape index (κ3) is 3.55. The Balaban J connectivity index is 1.85. The van der Waals surface area contributed by atoms with Gasteiger partial charge in [0.1, 0.15) is 5.82 Å². The molecule has 0 saturated heterocycles. The number of nitrogens with one attached hydrogen (secondary N) is 3. The zero-order valence-electron chi connectivity index (χ0n) is 11.3. The van der Waals surface area contributed by atoms with Gasteiger partial charge in [-0.15, -0.1) is 0 Å². The van der Waals surface area contributed by atoms with Crippen molar-refractivity contribution in [3.8, 4) is 0 Å². The Morgan fingerprint density at radius 3 is 3.00 bits per heavy atom. The van der Waals surface area contributed by atoms with E-state index in [1.165, 1.54) is 6.20 Å². The number of anilines is 1. The van der Waals surface area contributed by atoms with Crippen LogP contribution in [0, 0.1) is 6.92 Å². The molecule has 0 saturated carbocycles. The van der Waals surface area contributed by atoms with Crippen LogP contribution >= 0.6 is 0 Å². The number of aromatic nitrogens is 3. The number of amides is 1. The zero-order chi connectivity index (χ0) is 14.4. The molecular weight excluding hydrogens is 256 g/mol. The molecule has 0 spiro atoms. The smallest absolute Gasteiger partial charge is 0.255 e. The fraction of sp³-hybridized carbons (Fsp3) is 0.308. The Hall–Kier alpha value is -2.41. The van der Waals surface area contributed by atoms with Gasteiger partial charge in [0.2, 0.25) is 0 Å². The molecule has 1 amide bonds. The summed E-state index contributed by atoms with van der Waals surface area (Å²) >= 11 is 0. The van der Waals surface area contributed by atoms with Crippen molar-refractivity contribution in [2.45, 2.75) is 19.8 Å². The number of H-pyrrole nitrogens is 1. The second-order valence-electron chi connectivity index (χ2n) is 4.41. The first-order chi connectivity index (χ1) is 9.70. The topological polar surface area (TPSA) is 109 Å². The summed E-state index contributed by atoms with van der Waals surface area (Å²) in [6.45, 7) is 2.41. The molecule has 2 heterocycles. The van der Waals surface area contributed by atoms with Crippen LogP contribution in [0.25, 0.3) is 0 Å². The van der Waals surface area contributed by atoms with Crippen LogP contribution in [0.3, 0.4) is 0 Å². The average Bonchev–Trinajstić information content (AvgIpc) is 2.96. The maximum absolute atomic E-state index is 12.0. The van der Waals surface area contributed by atoms with Crippen molar-refractivity contribution in [1.29, 1.82) is 0 Å². The monoisotopic (exact) mass is 274 g/mol. The summed E-state index contributed by atoms with van der Waals surface area (Å²) < 4.78 is 0. The van der Waals surface area contributed by atoms with E-state index in [0.717, 1.165) is 24.4 Å². The maximum atomic E-state index is 12.0. The summed E-state index contributed by atoms with van der Waals surface area (Å²) in [7, 11) is 0. The predicted octanol–water partition coefficient (Wildman–Crippen LogP) is 0.761. The molecule has 5 N–H and O–H groups in total. The highest BCUT2D eigenvalue weighted by molar-refractivity contribution is 5.99. The number of nitrogens with zero attached hydrogens (tertiary/aromatic N) is 2. The number of nitrogens with two attached hydrogens (primary N) is 1. The molecular formula is C13H18N6O. The van der Waals surface area contributed by atoms with Crippen LogP contribution in [-0.2, 0) is 6.42 Å². The molecule has 2 aromatic heterocycles. The largest absolute Gasteiger partial charge is 0.352 e. The van der Waals surface area contributed by atoms with Crippen molar-refractivity contribution >= 4 is 11.6 Å². The Morgan fingerprint density at radius 2 is 2.30 bits per heavy atom. The van der Waals surface area contributed by atoms with Gasteiger partial charge in [-0.3, -0.25) is 15.6 Å². The molecule has 0 aliphatic rings.